The van der Waals surface area contributed by atoms with Crippen molar-refractivity contribution in [2.45, 2.75) is 0 Å². The Hall–Kier alpha value is -0.980. The first-order chi connectivity index (χ1) is 7.40. The fraction of sp³-hybridized carbons (Fsp3) is 0. The number of nitrogens with two attached hydrogens (primary N) is 3. The molecule has 5 nitrogen and oxygen atoms in total. The molecule has 0 aromatic heterocycles. The zero-order chi connectivity index (χ0) is 12.3. The molecule has 0 unspecified atom stereocenters. The van der Waals surface area contributed by atoms with E-state index in [-0.39, 0.29) is 11.9 Å². The van der Waals surface area contributed by atoms with Crippen molar-refractivity contribution in [3.8, 4) is 0 Å². The van der Waals surface area contributed by atoms with E-state index in [1.54, 1.807) is 12.1 Å². The summed E-state index contributed by atoms with van der Waals surface area (Å²) in [6, 6.07) is 3.15. The predicted molar refractivity (Wildman–Crippen MR) is 71.3 cm³/mol. The van der Waals surface area contributed by atoms with Gasteiger partial charge >= 0.3 is 0 Å². The summed E-state index contributed by atoms with van der Waals surface area (Å²) in [5.74, 6) is -0.277. The van der Waals surface area contributed by atoms with Crippen LogP contribution in [0.1, 0.15) is 0 Å². The number of aliphatic imine (C=N–C) groups is 2. The Kier molecular flexibility index (Phi) is 4.40. The number of rotatable bonds is 1. The van der Waals surface area contributed by atoms with Gasteiger partial charge in [-0.1, -0.05) is 23.2 Å². The minimum Gasteiger partial charge on any atom is -0.370 e. The van der Waals surface area contributed by atoms with Crippen LogP contribution >= 0.6 is 39.1 Å². The van der Waals surface area contributed by atoms with Crippen molar-refractivity contribution in [2.24, 2.45) is 27.2 Å². The molecule has 1 aromatic carbocycles. The number of hydrogen-bond acceptors (Lipinski definition) is 1. The normalized spacial score (nSPS) is 11.3. The standard InChI is InChI=1S/C8H8BrCl2N5/c9-3-1-5(11)6(2-4(3)10)15-8(14)16-7(12)13/h1-2H,(H6,12,13,14,15,16). The van der Waals surface area contributed by atoms with Gasteiger partial charge in [-0.2, -0.15) is 4.99 Å². The molecular weight excluding hydrogens is 317 g/mol. The zero-order valence-corrected chi connectivity index (χ0v) is 11.0. The maximum absolute atomic E-state index is 5.92. The van der Waals surface area contributed by atoms with Crippen molar-refractivity contribution in [2.75, 3.05) is 0 Å². The van der Waals surface area contributed by atoms with Gasteiger partial charge in [-0.15, -0.1) is 0 Å². The number of nitrogens with zero attached hydrogens (tertiary/aromatic N) is 2. The highest BCUT2D eigenvalue weighted by atomic mass is 79.9. The molecule has 1 aromatic rings. The van der Waals surface area contributed by atoms with Crippen molar-refractivity contribution in [1.29, 1.82) is 0 Å². The van der Waals surface area contributed by atoms with Crippen LogP contribution in [-0.4, -0.2) is 11.9 Å². The number of benzene rings is 1. The Labute approximate surface area is 110 Å². The van der Waals surface area contributed by atoms with Crippen LogP contribution < -0.4 is 17.2 Å². The van der Waals surface area contributed by atoms with E-state index in [2.05, 4.69) is 25.9 Å². The third kappa shape index (κ3) is 3.55. The summed E-state index contributed by atoms with van der Waals surface area (Å²) in [5, 5.41) is 0.839. The minimum atomic E-state index is -0.180. The summed E-state index contributed by atoms with van der Waals surface area (Å²) >= 11 is 15.0. The molecule has 0 bridgehead atoms. The maximum Gasteiger partial charge on any atom is 0.223 e. The van der Waals surface area contributed by atoms with Crippen molar-refractivity contribution in [1.82, 2.24) is 0 Å². The van der Waals surface area contributed by atoms with Crippen molar-refractivity contribution < 1.29 is 0 Å². The van der Waals surface area contributed by atoms with Gasteiger partial charge in [-0.25, -0.2) is 4.99 Å². The van der Waals surface area contributed by atoms with E-state index in [1.807, 2.05) is 0 Å². The fourth-order valence-electron chi connectivity index (χ4n) is 0.878. The Bertz CT molecular complexity index is 468. The van der Waals surface area contributed by atoms with Crippen LogP contribution in [0, 0.1) is 0 Å². The quantitative estimate of drug-likeness (QED) is 0.418. The van der Waals surface area contributed by atoms with Crippen LogP contribution in [0.5, 0.6) is 0 Å². The summed E-state index contributed by atoms with van der Waals surface area (Å²) in [6.07, 6.45) is 0. The van der Waals surface area contributed by atoms with E-state index in [4.69, 9.17) is 40.4 Å². The largest absolute Gasteiger partial charge is 0.370 e. The Morgan fingerprint density at radius 2 is 1.75 bits per heavy atom. The minimum absolute atomic E-state index is 0.0970. The molecule has 1 rings (SSSR count). The molecule has 0 saturated heterocycles. The summed E-state index contributed by atoms with van der Waals surface area (Å²) in [4.78, 5) is 7.46. The van der Waals surface area contributed by atoms with Crippen LogP contribution in [0.25, 0.3) is 0 Å². The highest BCUT2D eigenvalue weighted by Gasteiger charge is 2.05. The van der Waals surface area contributed by atoms with Gasteiger partial charge in [0.05, 0.1) is 15.7 Å². The molecular formula is C8H8BrCl2N5. The van der Waals surface area contributed by atoms with E-state index in [1.165, 1.54) is 0 Å². The first-order valence-electron chi connectivity index (χ1n) is 3.98. The molecule has 0 fully saturated rings. The molecule has 0 saturated carbocycles. The second-order valence-corrected chi connectivity index (χ2v) is 4.39. The topological polar surface area (TPSA) is 103 Å². The Morgan fingerprint density at radius 1 is 1.12 bits per heavy atom. The van der Waals surface area contributed by atoms with Gasteiger partial charge in [0.25, 0.3) is 0 Å². The van der Waals surface area contributed by atoms with Crippen LogP contribution in [0.15, 0.2) is 26.6 Å². The monoisotopic (exact) mass is 323 g/mol. The predicted octanol–water partition coefficient (Wildman–Crippen LogP) is 1.98. The molecule has 6 N–H and O–H groups in total. The molecule has 0 heterocycles. The zero-order valence-electron chi connectivity index (χ0n) is 7.92. The van der Waals surface area contributed by atoms with Gasteiger partial charge in [-0.3, -0.25) is 0 Å². The van der Waals surface area contributed by atoms with Crippen molar-refractivity contribution in [3.05, 3.63) is 26.7 Å². The van der Waals surface area contributed by atoms with Crippen molar-refractivity contribution in [3.63, 3.8) is 0 Å². The Morgan fingerprint density at radius 3 is 2.31 bits per heavy atom. The molecule has 86 valence electrons. The molecule has 0 amide bonds. The second kappa shape index (κ2) is 5.38. The SMILES string of the molecule is NC(N)=NC(N)=Nc1cc(Cl)c(Br)cc1Cl. The lowest BCUT2D eigenvalue weighted by molar-refractivity contribution is 1.38. The van der Waals surface area contributed by atoms with Crippen LogP contribution in [0.3, 0.4) is 0 Å². The second-order valence-electron chi connectivity index (χ2n) is 2.72. The highest BCUT2D eigenvalue weighted by Crippen LogP contribution is 2.34. The van der Waals surface area contributed by atoms with E-state index in [9.17, 15) is 0 Å². The fourth-order valence-corrected chi connectivity index (χ4v) is 1.72. The summed E-state index contributed by atoms with van der Waals surface area (Å²) in [7, 11) is 0. The maximum atomic E-state index is 5.92. The average Bonchev–Trinajstić information content (AvgIpc) is 2.12. The van der Waals surface area contributed by atoms with Gasteiger partial charge in [0.1, 0.15) is 0 Å². The number of guanidine groups is 2. The van der Waals surface area contributed by atoms with Gasteiger partial charge in [0.15, 0.2) is 5.96 Å². The molecule has 0 spiro atoms. The molecule has 16 heavy (non-hydrogen) atoms. The summed E-state index contributed by atoms with van der Waals surface area (Å²) < 4.78 is 0.665. The average molecular weight is 325 g/mol. The molecule has 0 radical (unpaired) electrons. The summed E-state index contributed by atoms with van der Waals surface area (Å²) in [5.41, 5.74) is 16.1. The molecule has 0 aliphatic heterocycles. The first kappa shape index (κ1) is 13.1. The van der Waals surface area contributed by atoms with Gasteiger partial charge in [0.2, 0.25) is 5.96 Å². The van der Waals surface area contributed by atoms with Gasteiger partial charge in [-0.05, 0) is 28.1 Å². The van der Waals surface area contributed by atoms with Gasteiger partial charge < -0.3 is 17.2 Å². The smallest absolute Gasteiger partial charge is 0.223 e. The van der Waals surface area contributed by atoms with Crippen LogP contribution in [0.4, 0.5) is 5.69 Å². The van der Waals surface area contributed by atoms with Gasteiger partial charge in [0, 0.05) is 4.47 Å². The van der Waals surface area contributed by atoms with E-state index in [0.29, 0.717) is 20.2 Å². The van der Waals surface area contributed by atoms with Crippen LogP contribution in [0.2, 0.25) is 10.0 Å². The molecule has 0 atom stereocenters. The number of hydrogen-bond donors (Lipinski definition) is 3. The Balaban J connectivity index is 3.15. The van der Waals surface area contributed by atoms with Crippen LogP contribution in [-0.2, 0) is 0 Å². The third-order valence-electron chi connectivity index (χ3n) is 1.47. The lowest BCUT2D eigenvalue weighted by atomic mass is 10.3. The third-order valence-corrected chi connectivity index (χ3v) is 2.97. The number of halogens is 3. The molecule has 0 aliphatic rings. The lowest BCUT2D eigenvalue weighted by Gasteiger charge is -2.02. The van der Waals surface area contributed by atoms with Crippen molar-refractivity contribution >= 4 is 56.7 Å². The first-order valence-corrected chi connectivity index (χ1v) is 5.53. The molecule has 8 heteroatoms. The highest BCUT2D eigenvalue weighted by molar-refractivity contribution is 9.10. The summed E-state index contributed by atoms with van der Waals surface area (Å²) in [6.45, 7) is 0. The lowest BCUT2D eigenvalue weighted by Crippen LogP contribution is -2.26. The van der Waals surface area contributed by atoms with E-state index >= 15 is 0 Å². The van der Waals surface area contributed by atoms with E-state index < -0.39 is 0 Å². The molecule has 0 aliphatic carbocycles. The van der Waals surface area contributed by atoms with E-state index in [0.717, 1.165) is 0 Å².